The molecule has 0 saturated heterocycles. The van der Waals surface area contributed by atoms with Crippen LogP contribution in [0, 0.1) is 17.8 Å². The predicted octanol–water partition coefficient (Wildman–Crippen LogP) is 1.81. The van der Waals surface area contributed by atoms with Crippen molar-refractivity contribution in [2.45, 2.75) is 51.0 Å². The number of carboxylic acid groups (broad SMARTS) is 1. The van der Waals surface area contributed by atoms with Gasteiger partial charge in [-0.05, 0) is 25.2 Å². The van der Waals surface area contributed by atoms with E-state index in [-0.39, 0.29) is 18.4 Å². The molecule has 0 aromatic rings. The Labute approximate surface area is 120 Å². The highest BCUT2D eigenvalue weighted by Crippen LogP contribution is 2.49. The van der Waals surface area contributed by atoms with E-state index in [0.717, 1.165) is 6.42 Å². The summed E-state index contributed by atoms with van der Waals surface area (Å²) in [6.45, 7) is 1.48. The van der Waals surface area contributed by atoms with Crippen LogP contribution in [0.15, 0.2) is 0 Å². The Hall–Kier alpha value is -1.10. The van der Waals surface area contributed by atoms with Gasteiger partial charge in [-0.15, -0.1) is 0 Å². The number of rotatable bonds is 6. The molecule has 2 fully saturated rings. The molecule has 5 heteroatoms. The van der Waals surface area contributed by atoms with Crippen LogP contribution in [0.1, 0.15) is 45.4 Å². The van der Waals surface area contributed by atoms with Gasteiger partial charge in [0, 0.05) is 13.0 Å². The van der Waals surface area contributed by atoms with E-state index in [2.05, 4.69) is 5.32 Å². The van der Waals surface area contributed by atoms with E-state index in [1.807, 2.05) is 0 Å². The summed E-state index contributed by atoms with van der Waals surface area (Å²) in [5, 5.41) is 11.9. The van der Waals surface area contributed by atoms with Crippen molar-refractivity contribution in [2.24, 2.45) is 17.8 Å². The zero-order valence-corrected chi connectivity index (χ0v) is 12.4. The highest BCUT2D eigenvalue weighted by molar-refractivity contribution is 5.89. The summed E-state index contributed by atoms with van der Waals surface area (Å²) in [5.41, 5.74) is -1.33. The van der Waals surface area contributed by atoms with Gasteiger partial charge < -0.3 is 15.2 Å². The molecule has 0 aromatic heterocycles. The molecular formula is C15H25NO4. The Kier molecular flexibility index (Phi) is 4.68. The molecule has 5 nitrogen and oxygen atoms in total. The maximum absolute atomic E-state index is 12.2. The summed E-state index contributed by atoms with van der Waals surface area (Å²) in [5.74, 6) is -0.0346. The second-order valence-electron chi connectivity index (χ2n) is 6.46. The number of carboxylic acids is 1. The molecule has 2 saturated carbocycles. The summed E-state index contributed by atoms with van der Waals surface area (Å²) in [6.07, 6.45) is 7.22. The molecule has 1 amide bonds. The van der Waals surface area contributed by atoms with Crippen LogP contribution in [-0.2, 0) is 14.3 Å². The quantitative estimate of drug-likeness (QED) is 0.779. The first-order valence-electron chi connectivity index (χ1n) is 7.52. The highest BCUT2D eigenvalue weighted by atomic mass is 16.5. The minimum Gasteiger partial charge on any atom is -0.479 e. The molecule has 0 radical (unpaired) electrons. The standard InChI is InChI=1S/C15H25NO4/c1-15(9-20-2,14(18)19)16-13(17)12-8-11(12)10-6-4-3-5-7-10/h10-12H,3-9H2,1-2H3,(H,16,17)(H,18,19). The van der Waals surface area contributed by atoms with Crippen molar-refractivity contribution in [2.75, 3.05) is 13.7 Å². The Morgan fingerprint density at radius 1 is 1.30 bits per heavy atom. The van der Waals surface area contributed by atoms with Crippen LogP contribution in [0.3, 0.4) is 0 Å². The van der Waals surface area contributed by atoms with Gasteiger partial charge in [-0.3, -0.25) is 4.79 Å². The maximum atomic E-state index is 12.2. The van der Waals surface area contributed by atoms with Crippen molar-refractivity contribution in [1.29, 1.82) is 0 Å². The summed E-state index contributed by atoms with van der Waals surface area (Å²) < 4.78 is 4.92. The number of methoxy groups -OCH3 is 1. The zero-order chi connectivity index (χ0) is 14.8. The van der Waals surface area contributed by atoms with Gasteiger partial charge in [0.25, 0.3) is 0 Å². The predicted molar refractivity (Wildman–Crippen MR) is 74.2 cm³/mol. The molecule has 2 aliphatic rings. The molecule has 0 aromatic carbocycles. The molecule has 114 valence electrons. The number of hydrogen-bond acceptors (Lipinski definition) is 3. The van der Waals surface area contributed by atoms with E-state index in [9.17, 15) is 14.7 Å². The van der Waals surface area contributed by atoms with Crippen LogP contribution < -0.4 is 5.32 Å². The van der Waals surface area contributed by atoms with Gasteiger partial charge >= 0.3 is 5.97 Å². The monoisotopic (exact) mass is 283 g/mol. The first-order chi connectivity index (χ1) is 9.48. The third kappa shape index (κ3) is 3.32. The van der Waals surface area contributed by atoms with E-state index < -0.39 is 11.5 Å². The molecule has 2 N–H and O–H groups in total. The smallest absolute Gasteiger partial charge is 0.331 e. The molecule has 3 atom stereocenters. The second-order valence-corrected chi connectivity index (χ2v) is 6.46. The van der Waals surface area contributed by atoms with Crippen molar-refractivity contribution in [3.05, 3.63) is 0 Å². The van der Waals surface area contributed by atoms with Crippen molar-refractivity contribution >= 4 is 11.9 Å². The number of aliphatic carboxylic acids is 1. The third-order valence-electron chi connectivity index (χ3n) is 4.74. The fraction of sp³-hybridized carbons (Fsp3) is 0.867. The van der Waals surface area contributed by atoms with Crippen LogP contribution in [0.25, 0.3) is 0 Å². The van der Waals surface area contributed by atoms with Gasteiger partial charge in [-0.1, -0.05) is 32.1 Å². The highest BCUT2D eigenvalue weighted by Gasteiger charge is 2.49. The SMILES string of the molecule is COCC(C)(NC(=O)C1CC1C1CCCCC1)C(=O)O. The molecule has 0 spiro atoms. The van der Waals surface area contributed by atoms with Crippen LogP contribution in [0.2, 0.25) is 0 Å². The minimum atomic E-state index is -1.33. The molecule has 3 unspecified atom stereocenters. The van der Waals surface area contributed by atoms with Gasteiger partial charge in [-0.2, -0.15) is 0 Å². The van der Waals surface area contributed by atoms with E-state index in [1.165, 1.54) is 46.1 Å². The fourth-order valence-corrected chi connectivity index (χ4v) is 3.40. The number of nitrogens with one attached hydrogen (secondary N) is 1. The number of carbonyl (C=O) groups excluding carboxylic acids is 1. The first kappa shape index (κ1) is 15.3. The van der Waals surface area contributed by atoms with Crippen LogP contribution in [-0.4, -0.2) is 36.2 Å². The minimum absolute atomic E-state index is 0.00799. The lowest BCUT2D eigenvalue weighted by Crippen LogP contribution is -2.55. The molecule has 2 rings (SSSR count). The van der Waals surface area contributed by atoms with E-state index in [0.29, 0.717) is 11.8 Å². The second kappa shape index (κ2) is 6.12. The summed E-state index contributed by atoms with van der Waals surface area (Å²) in [4.78, 5) is 23.5. The molecule has 0 heterocycles. The summed E-state index contributed by atoms with van der Waals surface area (Å²) in [6, 6.07) is 0. The lowest BCUT2D eigenvalue weighted by molar-refractivity contribution is -0.149. The van der Waals surface area contributed by atoms with Crippen LogP contribution >= 0.6 is 0 Å². The topological polar surface area (TPSA) is 75.6 Å². The average Bonchev–Trinajstić information content (AvgIpc) is 3.20. The molecule has 2 aliphatic carbocycles. The van der Waals surface area contributed by atoms with Gasteiger partial charge in [0.15, 0.2) is 5.54 Å². The maximum Gasteiger partial charge on any atom is 0.331 e. The van der Waals surface area contributed by atoms with Crippen LogP contribution in [0.4, 0.5) is 0 Å². The van der Waals surface area contributed by atoms with E-state index in [4.69, 9.17) is 4.74 Å². The number of carbonyl (C=O) groups is 2. The van der Waals surface area contributed by atoms with Crippen molar-refractivity contribution in [1.82, 2.24) is 5.32 Å². The van der Waals surface area contributed by atoms with Gasteiger partial charge in [0.1, 0.15) is 0 Å². The molecular weight excluding hydrogens is 258 g/mol. The molecule has 20 heavy (non-hydrogen) atoms. The number of amides is 1. The Morgan fingerprint density at radius 3 is 2.50 bits per heavy atom. The van der Waals surface area contributed by atoms with E-state index >= 15 is 0 Å². The van der Waals surface area contributed by atoms with Crippen molar-refractivity contribution < 1.29 is 19.4 Å². The third-order valence-corrected chi connectivity index (χ3v) is 4.74. The normalized spacial score (nSPS) is 29.5. The van der Waals surface area contributed by atoms with Gasteiger partial charge in [0.05, 0.1) is 6.61 Å². The Bertz CT molecular complexity index is 378. The average molecular weight is 283 g/mol. The lowest BCUT2D eigenvalue weighted by Gasteiger charge is -2.26. The van der Waals surface area contributed by atoms with Crippen LogP contribution in [0.5, 0.6) is 0 Å². The Balaban J connectivity index is 1.87. The Morgan fingerprint density at radius 2 is 1.95 bits per heavy atom. The number of hydrogen-bond donors (Lipinski definition) is 2. The van der Waals surface area contributed by atoms with E-state index in [1.54, 1.807) is 0 Å². The number of ether oxygens (including phenoxy) is 1. The largest absolute Gasteiger partial charge is 0.479 e. The fourth-order valence-electron chi connectivity index (χ4n) is 3.40. The zero-order valence-electron chi connectivity index (χ0n) is 12.4. The van der Waals surface area contributed by atoms with Gasteiger partial charge in [-0.25, -0.2) is 4.79 Å². The van der Waals surface area contributed by atoms with Crippen molar-refractivity contribution in [3.63, 3.8) is 0 Å². The lowest BCUT2D eigenvalue weighted by atomic mass is 9.85. The molecule has 0 aliphatic heterocycles. The first-order valence-corrected chi connectivity index (χ1v) is 7.52. The van der Waals surface area contributed by atoms with Crippen molar-refractivity contribution in [3.8, 4) is 0 Å². The molecule has 0 bridgehead atoms. The van der Waals surface area contributed by atoms with Gasteiger partial charge in [0.2, 0.25) is 5.91 Å². The summed E-state index contributed by atoms with van der Waals surface area (Å²) >= 11 is 0. The summed E-state index contributed by atoms with van der Waals surface area (Å²) in [7, 11) is 1.44.